The molecule has 1 aromatic rings. The zero-order chi connectivity index (χ0) is 9.90. The minimum Gasteiger partial charge on any atom is -0.364 e. The first kappa shape index (κ1) is 10.3. The van der Waals surface area contributed by atoms with Crippen molar-refractivity contribution in [3.63, 3.8) is 0 Å². The zero-order valence-corrected chi connectivity index (χ0v) is 8.89. The molecule has 0 fully saturated rings. The number of rotatable bonds is 3. The van der Waals surface area contributed by atoms with E-state index in [9.17, 15) is 0 Å². The van der Waals surface area contributed by atoms with E-state index in [4.69, 9.17) is 11.6 Å². The first-order chi connectivity index (χ1) is 6.03. The largest absolute Gasteiger partial charge is 0.364 e. The standard InChI is InChI=1S/C9H14ClN3/c1-7-11-5-4-8(12-7)13-9(2,3)6-10/h4-5H,6H2,1-3H3,(H,11,12,13). The van der Waals surface area contributed by atoms with Gasteiger partial charge in [-0.25, -0.2) is 9.97 Å². The van der Waals surface area contributed by atoms with Crippen molar-refractivity contribution in [2.75, 3.05) is 11.2 Å². The molecule has 0 aliphatic carbocycles. The Bertz CT molecular complexity index is 286. The average molecular weight is 200 g/mol. The van der Waals surface area contributed by atoms with E-state index >= 15 is 0 Å². The summed E-state index contributed by atoms with van der Waals surface area (Å²) in [6.07, 6.45) is 1.73. The van der Waals surface area contributed by atoms with E-state index in [0.29, 0.717) is 5.88 Å². The van der Waals surface area contributed by atoms with Crippen LogP contribution in [0.1, 0.15) is 19.7 Å². The molecule has 0 saturated heterocycles. The van der Waals surface area contributed by atoms with Crippen molar-refractivity contribution in [1.82, 2.24) is 9.97 Å². The summed E-state index contributed by atoms with van der Waals surface area (Å²) in [7, 11) is 0. The molecule has 0 amide bonds. The summed E-state index contributed by atoms with van der Waals surface area (Å²) in [4.78, 5) is 8.24. The van der Waals surface area contributed by atoms with Crippen LogP contribution in [0.5, 0.6) is 0 Å². The lowest BCUT2D eigenvalue weighted by molar-refractivity contribution is 0.637. The Morgan fingerprint density at radius 2 is 2.23 bits per heavy atom. The molecule has 0 radical (unpaired) electrons. The van der Waals surface area contributed by atoms with Crippen LogP contribution in [0.25, 0.3) is 0 Å². The van der Waals surface area contributed by atoms with E-state index in [2.05, 4.69) is 15.3 Å². The Morgan fingerprint density at radius 3 is 2.77 bits per heavy atom. The van der Waals surface area contributed by atoms with Crippen LogP contribution in [-0.4, -0.2) is 21.4 Å². The third kappa shape index (κ3) is 3.19. The molecule has 4 heteroatoms. The predicted molar refractivity (Wildman–Crippen MR) is 55.2 cm³/mol. The first-order valence-electron chi connectivity index (χ1n) is 4.17. The summed E-state index contributed by atoms with van der Waals surface area (Å²) >= 11 is 5.78. The highest BCUT2D eigenvalue weighted by molar-refractivity contribution is 6.18. The Balaban J connectivity index is 2.74. The van der Waals surface area contributed by atoms with Gasteiger partial charge in [-0.2, -0.15) is 0 Å². The van der Waals surface area contributed by atoms with E-state index in [-0.39, 0.29) is 5.54 Å². The lowest BCUT2D eigenvalue weighted by atomic mass is 10.1. The normalized spacial score (nSPS) is 11.4. The fraction of sp³-hybridized carbons (Fsp3) is 0.556. The summed E-state index contributed by atoms with van der Waals surface area (Å²) in [5, 5.41) is 3.23. The molecule has 1 heterocycles. The summed E-state index contributed by atoms with van der Waals surface area (Å²) in [6.45, 7) is 5.91. The molecule has 1 rings (SSSR count). The topological polar surface area (TPSA) is 37.8 Å². The lowest BCUT2D eigenvalue weighted by Crippen LogP contribution is -2.33. The van der Waals surface area contributed by atoms with Crippen molar-refractivity contribution < 1.29 is 0 Å². The Hall–Kier alpha value is -0.830. The first-order valence-corrected chi connectivity index (χ1v) is 4.71. The van der Waals surface area contributed by atoms with Gasteiger partial charge in [-0.05, 0) is 26.8 Å². The van der Waals surface area contributed by atoms with Gasteiger partial charge >= 0.3 is 0 Å². The number of aryl methyl sites for hydroxylation is 1. The molecule has 0 bridgehead atoms. The molecule has 0 saturated carbocycles. The molecule has 0 unspecified atom stereocenters. The van der Waals surface area contributed by atoms with Crippen LogP contribution in [0.3, 0.4) is 0 Å². The van der Waals surface area contributed by atoms with E-state index in [0.717, 1.165) is 11.6 Å². The minimum absolute atomic E-state index is 0.137. The molecule has 0 aliphatic heterocycles. The quantitative estimate of drug-likeness (QED) is 0.759. The Morgan fingerprint density at radius 1 is 1.54 bits per heavy atom. The van der Waals surface area contributed by atoms with Gasteiger partial charge in [0.1, 0.15) is 11.6 Å². The molecule has 3 nitrogen and oxygen atoms in total. The molecule has 0 aliphatic rings. The van der Waals surface area contributed by atoms with Gasteiger partial charge in [0.15, 0.2) is 0 Å². The SMILES string of the molecule is Cc1nccc(NC(C)(C)CCl)n1. The van der Waals surface area contributed by atoms with Crippen LogP contribution in [0.4, 0.5) is 5.82 Å². The highest BCUT2D eigenvalue weighted by Crippen LogP contribution is 2.13. The number of anilines is 1. The molecule has 0 aromatic carbocycles. The molecule has 0 spiro atoms. The van der Waals surface area contributed by atoms with Crippen LogP contribution in [0, 0.1) is 6.92 Å². The van der Waals surface area contributed by atoms with Crippen LogP contribution >= 0.6 is 11.6 Å². The van der Waals surface area contributed by atoms with Crippen molar-refractivity contribution in [1.29, 1.82) is 0 Å². The molecule has 13 heavy (non-hydrogen) atoms. The summed E-state index contributed by atoms with van der Waals surface area (Å²) in [6, 6.07) is 1.83. The second-order valence-electron chi connectivity index (χ2n) is 3.63. The fourth-order valence-electron chi connectivity index (χ4n) is 0.906. The van der Waals surface area contributed by atoms with Gasteiger partial charge in [0.25, 0.3) is 0 Å². The Labute approximate surface area is 83.5 Å². The number of aromatic nitrogens is 2. The predicted octanol–water partition coefficient (Wildman–Crippen LogP) is 2.21. The second kappa shape index (κ2) is 3.92. The van der Waals surface area contributed by atoms with Crippen LogP contribution in [0.15, 0.2) is 12.3 Å². The molecule has 0 atom stereocenters. The van der Waals surface area contributed by atoms with E-state index < -0.39 is 0 Å². The zero-order valence-electron chi connectivity index (χ0n) is 8.13. The van der Waals surface area contributed by atoms with Crippen LogP contribution in [0.2, 0.25) is 0 Å². The van der Waals surface area contributed by atoms with E-state index in [1.807, 2.05) is 26.8 Å². The van der Waals surface area contributed by atoms with Crippen molar-refractivity contribution >= 4 is 17.4 Å². The molecular formula is C9H14ClN3. The van der Waals surface area contributed by atoms with Crippen molar-refractivity contribution in [2.45, 2.75) is 26.3 Å². The number of hydrogen-bond acceptors (Lipinski definition) is 3. The van der Waals surface area contributed by atoms with Gasteiger partial charge in [0, 0.05) is 17.6 Å². The molecular weight excluding hydrogens is 186 g/mol. The van der Waals surface area contributed by atoms with Crippen molar-refractivity contribution in [2.24, 2.45) is 0 Å². The van der Waals surface area contributed by atoms with Gasteiger partial charge < -0.3 is 5.32 Å². The summed E-state index contributed by atoms with van der Waals surface area (Å²) in [5.41, 5.74) is -0.137. The molecule has 72 valence electrons. The fourth-order valence-corrected chi connectivity index (χ4v) is 0.973. The molecule has 1 N–H and O–H groups in total. The van der Waals surface area contributed by atoms with Gasteiger partial charge in [-0.3, -0.25) is 0 Å². The van der Waals surface area contributed by atoms with Gasteiger partial charge in [0.2, 0.25) is 0 Å². The summed E-state index contributed by atoms with van der Waals surface area (Å²) in [5.74, 6) is 2.12. The van der Waals surface area contributed by atoms with Gasteiger partial charge in [-0.1, -0.05) is 0 Å². The van der Waals surface area contributed by atoms with Gasteiger partial charge in [-0.15, -0.1) is 11.6 Å². The van der Waals surface area contributed by atoms with Crippen molar-refractivity contribution in [3.8, 4) is 0 Å². The number of nitrogens with zero attached hydrogens (tertiary/aromatic N) is 2. The van der Waals surface area contributed by atoms with E-state index in [1.54, 1.807) is 6.20 Å². The summed E-state index contributed by atoms with van der Waals surface area (Å²) < 4.78 is 0. The number of halogens is 1. The minimum atomic E-state index is -0.137. The highest BCUT2D eigenvalue weighted by Gasteiger charge is 2.15. The molecule has 1 aromatic heterocycles. The number of alkyl halides is 1. The monoisotopic (exact) mass is 199 g/mol. The second-order valence-corrected chi connectivity index (χ2v) is 3.90. The maximum absolute atomic E-state index is 5.78. The lowest BCUT2D eigenvalue weighted by Gasteiger charge is -2.23. The maximum Gasteiger partial charge on any atom is 0.130 e. The van der Waals surface area contributed by atoms with Crippen molar-refractivity contribution in [3.05, 3.63) is 18.1 Å². The smallest absolute Gasteiger partial charge is 0.130 e. The van der Waals surface area contributed by atoms with Crippen LogP contribution in [-0.2, 0) is 0 Å². The Kier molecular flexibility index (Phi) is 3.09. The van der Waals surface area contributed by atoms with Crippen LogP contribution < -0.4 is 5.32 Å². The third-order valence-corrected chi connectivity index (χ3v) is 2.24. The van der Waals surface area contributed by atoms with Gasteiger partial charge in [0.05, 0.1) is 0 Å². The highest BCUT2D eigenvalue weighted by atomic mass is 35.5. The maximum atomic E-state index is 5.78. The third-order valence-electron chi connectivity index (χ3n) is 1.58. The number of nitrogens with one attached hydrogen (secondary N) is 1. The average Bonchev–Trinajstić information content (AvgIpc) is 2.03. The van der Waals surface area contributed by atoms with E-state index in [1.165, 1.54) is 0 Å². The number of hydrogen-bond donors (Lipinski definition) is 1.